The van der Waals surface area contributed by atoms with Crippen LogP contribution < -0.4 is 5.32 Å². The molecule has 0 aliphatic heterocycles. The van der Waals surface area contributed by atoms with Gasteiger partial charge in [0.1, 0.15) is 0 Å². The summed E-state index contributed by atoms with van der Waals surface area (Å²) in [7, 11) is 0. The average Bonchev–Trinajstić information content (AvgIpc) is 2.56. The molecular weight excluding hydrogens is 274 g/mol. The number of aliphatic hydroxyl groups is 2. The highest BCUT2D eigenvalue weighted by atomic mass is 16.3. The van der Waals surface area contributed by atoms with Crippen LogP contribution in [-0.4, -0.2) is 16.3 Å². The Labute approximate surface area is 132 Å². The number of hydrogen-bond donors (Lipinski definition) is 3. The van der Waals surface area contributed by atoms with Gasteiger partial charge in [0.2, 0.25) is 0 Å². The summed E-state index contributed by atoms with van der Waals surface area (Å²) in [6, 6.07) is 17.6. The summed E-state index contributed by atoms with van der Waals surface area (Å²) < 4.78 is 0. The number of aliphatic hydroxyl groups excluding tert-OH is 2. The lowest BCUT2D eigenvalue weighted by molar-refractivity contribution is 0.104. The number of benzene rings is 2. The van der Waals surface area contributed by atoms with Gasteiger partial charge in [0, 0.05) is 12.6 Å². The van der Waals surface area contributed by atoms with Crippen molar-refractivity contribution in [2.45, 2.75) is 39.1 Å². The van der Waals surface area contributed by atoms with E-state index >= 15 is 0 Å². The zero-order valence-corrected chi connectivity index (χ0v) is 13.2. The van der Waals surface area contributed by atoms with Crippen LogP contribution in [0.25, 0.3) is 0 Å². The lowest BCUT2D eigenvalue weighted by Crippen LogP contribution is -2.38. The first-order chi connectivity index (χ1) is 10.6. The Hall–Kier alpha value is -1.68. The van der Waals surface area contributed by atoms with Gasteiger partial charge in [-0.1, -0.05) is 68.4 Å². The fourth-order valence-electron chi connectivity index (χ4n) is 2.57. The first-order valence-electron chi connectivity index (χ1n) is 7.77. The van der Waals surface area contributed by atoms with Gasteiger partial charge in [-0.2, -0.15) is 0 Å². The molecule has 0 fully saturated rings. The second-order valence-corrected chi connectivity index (χ2v) is 5.98. The zero-order valence-electron chi connectivity index (χ0n) is 13.2. The maximum Gasteiger partial charge on any atom is 0.0945 e. The molecule has 118 valence electrons. The van der Waals surface area contributed by atoms with Gasteiger partial charge in [-0.3, -0.25) is 0 Å². The molecule has 0 saturated heterocycles. The van der Waals surface area contributed by atoms with Crippen LogP contribution in [0.1, 0.15) is 36.6 Å². The third kappa shape index (κ3) is 4.41. The quantitative estimate of drug-likeness (QED) is 0.736. The minimum atomic E-state index is -0.530. The van der Waals surface area contributed by atoms with Crippen LogP contribution in [0.15, 0.2) is 54.6 Å². The molecule has 0 saturated carbocycles. The summed E-state index contributed by atoms with van der Waals surface area (Å²) in [5.41, 5.74) is 2.99. The van der Waals surface area contributed by atoms with Crippen molar-refractivity contribution in [2.24, 2.45) is 5.92 Å². The van der Waals surface area contributed by atoms with E-state index < -0.39 is 6.10 Å². The zero-order chi connectivity index (χ0) is 15.9. The van der Waals surface area contributed by atoms with Gasteiger partial charge in [0.15, 0.2) is 0 Å². The third-order valence-electron chi connectivity index (χ3n) is 3.95. The van der Waals surface area contributed by atoms with Gasteiger partial charge >= 0.3 is 0 Å². The van der Waals surface area contributed by atoms with Gasteiger partial charge in [-0.25, -0.2) is 0 Å². The maximum absolute atomic E-state index is 10.6. The van der Waals surface area contributed by atoms with Gasteiger partial charge < -0.3 is 15.5 Å². The molecule has 3 heteroatoms. The first-order valence-corrected chi connectivity index (χ1v) is 7.77. The largest absolute Gasteiger partial charge is 0.392 e. The summed E-state index contributed by atoms with van der Waals surface area (Å²) in [5.74, 6) is 0.312. The predicted molar refractivity (Wildman–Crippen MR) is 89.2 cm³/mol. The van der Waals surface area contributed by atoms with E-state index in [0.717, 1.165) is 16.7 Å². The SMILES string of the molecule is CC(C)[C@H](NCc1ccc(CO)cc1)[C@H](O)c1ccccc1. The van der Waals surface area contributed by atoms with Crippen molar-refractivity contribution >= 4 is 0 Å². The standard InChI is InChI=1S/C19H25NO2/c1-14(2)18(19(22)17-6-4-3-5-7-17)20-12-15-8-10-16(13-21)11-9-15/h3-11,14,18-22H,12-13H2,1-2H3/t18-,19+/m0/s1. The van der Waals surface area contributed by atoms with Crippen LogP contribution in [0.4, 0.5) is 0 Å². The summed E-state index contributed by atoms with van der Waals surface area (Å²) in [6.07, 6.45) is -0.530. The smallest absolute Gasteiger partial charge is 0.0945 e. The Morgan fingerprint density at radius 1 is 0.909 bits per heavy atom. The topological polar surface area (TPSA) is 52.5 Å². The Kier molecular flexibility index (Phi) is 6.13. The maximum atomic E-state index is 10.6. The lowest BCUT2D eigenvalue weighted by atomic mass is 9.93. The number of nitrogens with one attached hydrogen (secondary N) is 1. The van der Waals surface area contributed by atoms with Crippen LogP contribution in [0, 0.1) is 5.92 Å². The van der Waals surface area contributed by atoms with E-state index in [2.05, 4.69) is 19.2 Å². The molecular formula is C19H25NO2. The third-order valence-corrected chi connectivity index (χ3v) is 3.95. The number of hydrogen-bond acceptors (Lipinski definition) is 3. The van der Waals surface area contributed by atoms with Crippen LogP contribution in [0.3, 0.4) is 0 Å². The highest BCUT2D eigenvalue weighted by molar-refractivity contribution is 5.22. The summed E-state index contributed by atoms with van der Waals surface area (Å²) in [6.45, 7) is 4.98. The van der Waals surface area contributed by atoms with E-state index in [4.69, 9.17) is 5.11 Å². The fourth-order valence-corrected chi connectivity index (χ4v) is 2.57. The highest BCUT2D eigenvalue weighted by Gasteiger charge is 2.23. The van der Waals surface area contributed by atoms with Crippen molar-refractivity contribution in [3.05, 3.63) is 71.3 Å². The van der Waals surface area contributed by atoms with Crippen LogP contribution >= 0.6 is 0 Å². The average molecular weight is 299 g/mol. The Bertz CT molecular complexity index is 551. The van der Waals surface area contributed by atoms with E-state index in [9.17, 15) is 5.11 Å². The van der Waals surface area contributed by atoms with E-state index in [1.54, 1.807) is 0 Å². The molecule has 2 aromatic rings. The normalized spacial score (nSPS) is 14.0. The van der Waals surface area contributed by atoms with E-state index in [1.807, 2.05) is 54.6 Å². The Balaban J connectivity index is 2.02. The monoisotopic (exact) mass is 299 g/mol. The molecule has 0 amide bonds. The molecule has 0 aliphatic rings. The van der Waals surface area contributed by atoms with Gasteiger partial charge in [0.25, 0.3) is 0 Å². The van der Waals surface area contributed by atoms with Crippen molar-refractivity contribution in [1.29, 1.82) is 0 Å². The summed E-state index contributed by atoms with van der Waals surface area (Å²) >= 11 is 0. The molecule has 0 heterocycles. The Morgan fingerprint density at radius 2 is 1.50 bits per heavy atom. The second kappa shape index (κ2) is 8.08. The molecule has 2 atom stereocenters. The van der Waals surface area contributed by atoms with Crippen LogP contribution in [0.5, 0.6) is 0 Å². The number of rotatable bonds is 7. The molecule has 3 nitrogen and oxygen atoms in total. The molecule has 3 N–H and O–H groups in total. The van der Waals surface area contributed by atoms with Crippen molar-refractivity contribution in [2.75, 3.05) is 0 Å². The molecule has 0 spiro atoms. The van der Waals surface area contributed by atoms with Crippen molar-refractivity contribution in [1.82, 2.24) is 5.32 Å². The van der Waals surface area contributed by atoms with Gasteiger partial charge in [-0.05, 0) is 22.6 Å². The van der Waals surface area contributed by atoms with E-state index in [1.165, 1.54) is 0 Å². The van der Waals surface area contributed by atoms with Crippen molar-refractivity contribution in [3.63, 3.8) is 0 Å². The van der Waals surface area contributed by atoms with E-state index in [-0.39, 0.29) is 12.6 Å². The lowest BCUT2D eigenvalue weighted by Gasteiger charge is -2.28. The molecule has 2 aromatic carbocycles. The molecule has 0 aromatic heterocycles. The van der Waals surface area contributed by atoms with Crippen molar-refractivity contribution in [3.8, 4) is 0 Å². The molecule has 0 radical (unpaired) electrons. The van der Waals surface area contributed by atoms with Gasteiger partial charge in [-0.15, -0.1) is 0 Å². The minimum Gasteiger partial charge on any atom is -0.392 e. The molecule has 22 heavy (non-hydrogen) atoms. The molecule has 0 unspecified atom stereocenters. The van der Waals surface area contributed by atoms with Crippen molar-refractivity contribution < 1.29 is 10.2 Å². The molecule has 0 bridgehead atoms. The van der Waals surface area contributed by atoms with Gasteiger partial charge in [0.05, 0.1) is 12.7 Å². The molecule has 0 aliphatic carbocycles. The minimum absolute atomic E-state index is 0.0140. The summed E-state index contributed by atoms with van der Waals surface area (Å²) in [4.78, 5) is 0. The van der Waals surface area contributed by atoms with Crippen LogP contribution in [-0.2, 0) is 13.2 Å². The Morgan fingerprint density at radius 3 is 2.05 bits per heavy atom. The second-order valence-electron chi connectivity index (χ2n) is 5.98. The fraction of sp³-hybridized carbons (Fsp3) is 0.368. The first kappa shape index (κ1) is 16.7. The highest BCUT2D eigenvalue weighted by Crippen LogP contribution is 2.22. The predicted octanol–water partition coefficient (Wildman–Crippen LogP) is 3.03. The molecule has 2 rings (SSSR count). The van der Waals surface area contributed by atoms with E-state index in [0.29, 0.717) is 12.5 Å². The van der Waals surface area contributed by atoms with Crippen LogP contribution in [0.2, 0.25) is 0 Å². The summed E-state index contributed by atoms with van der Waals surface area (Å²) in [5, 5.41) is 23.1.